The fourth-order valence-electron chi connectivity index (χ4n) is 3.54. The van der Waals surface area contributed by atoms with E-state index in [0.29, 0.717) is 16.9 Å². The number of nitrogens with zero attached hydrogens (tertiary/aromatic N) is 3. The molecular formula is C18H18ClN3O. The smallest absolute Gasteiger partial charge is 0.230 e. The molecule has 1 aliphatic rings. The maximum absolute atomic E-state index is 6.18. The van der Waals surface area contributed by atoms with E-state index in [1.54, 1.807) is 6.20 Å². The summed E-state index contributed by atoms with van der Waals surface area (Å²) in [4.78, 5) is 8.81. The molecular weight excluding hydrogens is 310 g/mol. The zero-order valence-electron chi connectivity index (χ0n) is 13.0. The molecule has 1 aromatic carbocycles. The van der Waals surface area contributed by atoms with Crippen LogP contribution >= 0.6 is 11.6 Å². The summed E-state index contributed by atoms with van der Waals surface area (Å²) >= 11 is 6.18. The van der Waals surface area contributed by atoms with Gasteiger partial charge in [0.05, 0.1) is 0 Å². The minimum Gasteiger partial charge on any atom is -0.339 e. The van der Waals surface area contributed by atoms with E-state index in [1.807, 2.05) is 24.3 Å². The molecule has 2 unspecified atom stereocenters. The number of aromatic nitrogens is 3. The summed E-state index contributed by atoms with van der Waals surface area (Å²) in [6.45, 7) is 2.29. The first kappa shape index (κ1) is 14.6. The van der Waals surface area contributed by atoms with Gasteiger partial charge >= 0.3 is 0 Å². The van der Waals surface area contributed by atoms with Crippen LogP contribution in [0.4, 0.5) is 0 Å². The minimum absolute atomic E-state index is 0.389. The van der Waals surface area contributed by atoms with Crippen molar-refractivity contribution in [2.24, 2.45) is 5.92 Å². The van der Waals surface area contributed by atoms with Crippen LogP contribution in [0, 0.1) is 5.92 Å². The highest BCUT2D eigenvalue weighted by molar-refractivity contribution is 6.34. The van der Waals surface area contributed by atoms with E-state index in [4.69, 9.17) is 16.1 Å². The molecule has 0 saturated heterocycles. The van der Waals surface area contributed by atoms with Crippen LogP contribution in [-0.2, 0) is 0 Å². The molecule has 1 aliphatic carbocycles. The van der Waals surface area contributed by atoms with Gasteiger partial charge in [-0.3, -0.25) is 0 Å². The molecule has 0 aliphatic heterocycles. The van der Waals surface area contributed by atoms with Crippen molar-refractivity contribution in [1.82, 2.24) is 15.1 Å². The SMILES string of the molecule is CC1CCCC(c2nc(-c3cccc4c(Cl)nccc34)no2)C1. The predicted molar refractivity (Wildman–Crippen MR) is 90.4 cm³/mol. The van der Waals surface area contributed by atoms with E-state index < -0.39 is 0 Å². The monoisotopic (exact) mass is 327 g/mol. The topological polar surface area (TPSA) is 51.8 Å². The van der Waals surface area contributed by atoms with Crippen LogP contribution in [0.5, 0.6) is 0 Å². The summed E-state index contributed by atoms with van der Waals surface area (Å²) in [5.74, 6) is 2.52. The summed E-state index contributed by atoms with van der Waals surface area (Å²) in [5.41, 5.74) is 0.936. The van der Waals surface area contributed by atoms with Crippen LogP contribution in [0.15, 0.2) is 35.0 Å². The van der Waals surface area contributed by atoms with Crippen LogP contribution in [-0.4, -0.2) is 15.1 Å². The molecule has 1 fully saturated rings. The molecule has 5 heteroatoms. The average Bonchev–Trinajstić information content (AvgIpc) is 3.05. The van der Waals surface area contributed by atoms with Crippen molar-refractivity contribution in [2.45, 2.75) is 38.5 Å². The molecule has 0 N–H and O–H groups in total. The lowest BCUT2D eigenvalue weighted by molar-refractivity contribution is 0.276. The third-order valence-electron chi connectivity index (χ3n) is 4.73. The fraction of sp³-hybridized carbons (Fsp3) is 0.389. The number of pyridine rings is 1. The lowest BCUT2D eigenvalue weighted by Crippen LogP contribution is -2.11. The highest BCUT2D eigenvalue weighted by Crippen LogP contribution is 2.36. The zero-order chi connectivity index (χ0) is 15.8. The standard InChI is InChI=1S/C18H18ClN3O/c1-11-4-2-5-12(10-11)18-21-17(22-23-18)15-7-3-6-14-13(15)8-9-20-16(14)19/h3,6-9,11-12H,2,4-5,10H2,1H3. The molecule has 2 aromatic heterocycles. The maximum Gasteiger partial charge on any atom is 0.230 e. The molecule has 0 bridgehead atoms. The Kier molecular flexibility index (Phi) is 3.77. The van der Waals surface area contributed by atoms with Crippen molar-refractivity contribution < 1.29 is 4.52 Å². The van der Waals surface area contributed by atoms with Crippen LogP contribution in [0.25, 0.3) is 22.2 Å². The van der Waals surface area contributed by atoms with Gasteiger partial charge < -0.3 is 4.52 Å². The molecule has 4 rings (SSSR count). The van der Waals surface area contributed by atoms with E-state index in [9.17, 15) is 0 Å². The quantitative estimate of drug-likeness (QED) is 0.604. The molecule has 0 spiro atoms. The van der Waals surface area contributed by atoms with Crippen molar-refractivity contribution in [1.29, 1.82) is 0 Å². The first-order valence-electron chi connectivity index (χ1n) is 8.09. The number of rotatable bonds is 2. The first-order valence-corrected chi connectivity index (χ1v) is 8.47. The molecule has 118 valence electrons. The Morgan fingerprint density at radius 2 is 2.09 bits per heavy atom. The van der Waals surface area contributed by atoms with E-state index in [-0.39, 0.29) is 0 Å². The fourth-order valence-corrected chi connectivity index (χ4v) is 3.76. The molecule has 0 radical (unpaired) electrons. The Morgan fingerprint density at radius 3 is 2.96 bits per heavy atom. The van der Waals surface area contributed by atoms with Crippen LogP contribution in [0.3, 0.4) is 0 Å². The lowest BCUT2D eigenvalue weighted by atomic mass is 9.82. The van der Waals surface area contributed by atoms with Crippen molar-refractivity contribution in [3.63, 3.8) is 0 Å². The molecule has 1 saturated carbocycles. The van der Waals surface area contributed by atoms with Crippen molar-refractivity contribution in [3.05, 3.63) is 41.5 Å². The summed E-state index contributed by atoms with van der Waals surface area (Å²) < 4.78 is 5.58. The van der Waals surface area contributed by atoms with Gasteiger partial charge in [0.2, 0.25) is 11.7 Å². The molecule has 4 nitrogen and oxygen atoms in total. The van der Waals surface area contributed by atoms with Gasteiger partial charge in [-0.05, 0) is 30.2 Å². The van der Waals surface area contributed by atoms with Crippen LogP contribution in [0.1, 0.15) is 44.4 Å². The second kappa shape index (κ2) is 5.93. The lowest BCUT2D eigenvalue weighted by Gasteiger charge is -2.23. The molecule has 2 atom stereocenters. The van der Waals surface area contributed by atoms with Gasteiger partial charge in [0, 0.05) is 23.1 Å². The first-order chi connectivity index (χ1) is 11.2. The van der Waals surface area contributed by atoms with Gasteiger partial charge in [-0.1, -0.05) is 54.7 Å². The number of fused-ring (bicyclic) bond motifs is 1. The number of benzene rings is 1. The third-order valence-corrected chi connectivity index (χ3v) is 5.03. The van der Waals surface area contributed by atoms with Crippen LogP contribution < -0.4 is 0 Å². The Labute approximate surface area is 139 Å². The predicted octanol–water partition coefficient (Wildman–Crippen LogP) is 5.23. The summed E-state index contributed by atoms with van der Waals surface area (Å²) in [7, 11) is 0. The second-order valence-corrected chi connectivity index (χ2v) is 6.79. The van der Waals surface area contributed by atoms with Gasteiger partial charge in [-0.25, -0.2) is 4.98 Å². The van der Waals surface area contributed by atoms with E-state index in [2.05, 4.69) is 22.0 Å². The average molecular weight is 328 g/mol. The van der Waals surface area contributed by atoms with Crippen LogP contribution in [0.2, 0.25) is 5.15 Å². The largest absolute Gasteiger partial charge is 0.339 e. The number of halogens is 1. The van der Waals surface area contributed by atoms with Gasteiger partial charge in [0.15, 0.2) is 0 Å². The second-order valence-electron chi connectivity index (χ2n) is 6.43. The maximum atomic E-state index is 6.18. The van der Waals surface area contributed by atoms with Crippen molar-refractivity contribution in [2.75, 3.05) is 0 Å². The highest BCUT2D eigenvalue weighted by atomic mass is 35.5. The highest BCUT2D eigenvalue weighted by Gasteiger charge is 2.25. The Hall–Kier alpha value is -1.94. The number of hydrogen-bond acceptors (Lipinski definition) is 4. The molecule has 2 heterocycles. The van der Waals surface area contributed by atoms with Gasteiger partial charge in [-0.15, -0.1) is 0 Å². The molecule has 0 amide bonds. The Balaban J connectivity index is 1.73. The van der Waals surface area contributed by atoms with Crippen molar-refractivity contribution >= 4 is 22.4 Å². The molecule has 23 heavy (non-hydrogen) atoms. The number of hydrogen-bond donors (Lipinski definition) is 0. The Bertz CT molecular complexity index is 845. The Morgan fingerprint density at radius 1 is 1.17 bits per heavy atom. The minimum atomic E-state index is 0.389. The van der Waals surface area contributed by atoms with E-state index in [1.165, 1.54) is 12.8 Å². The van der Waals surface area contributed by atoms with Gasteiger partial charge in [0.25, 0.3) is 0 Å². The summed E-state index contributed by atoms with van der Waals surface area (Å²) in [6.07, 6.45) is 6.51. The third kappa shape index (κ3) is 2.72. The normalized spacial score (nSPS) is 21.7. The zero-order valence-corrected chi connectivity index (χ0v) is 13.8. The van der Waals surface area contributed by atoms with E-state index >= 15 is 0 Å². The summed E-state index contributed by atoms with van der Waals surface area (Å²) in [6, 6.07) is 7.84. The van der Waals surface area contributed by atoms with Crippen molar-refractivity contribution in [3.8, 4) is 11.4 Å². The van der Waals surface area contributed by atoms with Gasteiger partial charge in [-0.2, -0.15) is 4.98 Å². The summed E-state index contributed by atoms with van der Waals surface area (Å²) in [5, 5.41) is 6.62. The van der Waals surface area contributed by atoms with Gasteiger partial charge in [0.1, 0.15) is 5.15 Å². The van der Waals surface area contributed by atoms with E-state index in [0.717, 1.165) is 41.0 Å². The molecule has 3 aromatic rings.